The fourth-order valence-electron chi connectivity index (χ4n) is 2.62. The molecule has 0 bridgehead atoms. The third-order valence-corrected chi connectivity index (χ3v) is 4.67. The van der Waals surface area contributed by atoms with Crippen LogP contribution in [0.4, 0.5) is 5.82 Å². The smallest absolute Gasteiger partial charge is 0.152 e. The van der Waals surface area contributed by atoms with Crippen LogP contribution in [0.15, 0.2) is 30.6 Å². The molecule has 0 amide bonds. The first kappa shape index (κ1) is 14.8. The van der Waals surface area contributed by atoms with Crippen LogP contribution in [0.25, 0.3) is 21.9 Å². The molecule has 0 unspecified atom stereocenters. The summed E-state index contributed by atoms with van der Waals surface area (Å²) >= 11 is 0. The number of unbranched alkanes of at least 4 members (excludes halogenated alkanes) is 1. The zero-order chi connectivity index (χ0) is 15.7. The normalized spacial score (nSPS) is 12.2. The second-order valence-electron chi connectivity index (χ2n) is 5.49. The van der Waals surface area contributed by atoms with E-state index in [-0.39, 0.29) is 5.75 Å². The van der Waals surface area contributed by atoms with Crippen molar-refractivity contribution in [2.24, 2.45) is 0 Å². The van der Waals surface area contributed by atoms with Crippen molar-refractivity contribution in [1.29, 1.82) is 0 Å². The van der Waals surface area contributed by atoms with Gasteiger partial charge < -0.3 is 10.3 Å². The SMILES string of the molecule is CS(=O)(=O)CCCCn1cnc2c(N)nc3ccccc3c21. The van der Waals surface area contributed by atoms with Crippen molar-refractivity contribution < 1.29 is 8.42 Å². The maximum atomic E-state index is 11.2. The molecule has 0 radical (unpaired) electrons. The number of hydrogen-bond acceptors (Lipinski definition) is 5. The highest BCUT2D eigenvalue weighted by atomic mass is 32.2. The Balaban J connectivity index is 1.94. The Morgan fingerprint density at radius 2 is 2.00 bits per heavy atom. The standard InChI is InChI=1S/C15H18N4O2S/c1-22(20,21)9-5-4-8-19-10-17-13-14(19)11-6-2-3-7-12(11)18-15(13)16/h2-3,6-7,10H,4-5,8-9H2,1H3,(H2,16,18). The van der Waals surface area contributed by atoms with Crippen molar-refractivity contribution in [3.63, 3.8) is 0 Å². The Labute approximate surface area is 128 Å². The number of nitrogens with two attached hydrogens (primary N) is 1. The maximum absolute atomic E-state index is 11.2. The number of sulfone groups is 1. The molecule has 2 aromatic heterocycles. The van der Waals surface area contributed by atoms with E-state index >= 15 is 0 Å². The molecule has 22 heavy (non-hydrogen) atoms. The Morgan fingerprint density at radius 1 is 1.23 bits per heavy atom. The summed E-state index contributed by atoms with van der Waals surface area (Å²) in [4.78, 5) is 8.72. The molecular weight excluding hydrogens is 300 g/mol. The van der Waals surface area contributed by atoms with Gasteiger partial charge in [-0.2, -0.15) is 0 Å². The lowest BCUT2D eigenvalue weighted by molar-refractivity contribution is 0.590. The van der Waals surface area contributed by atoms with Crippen LogP contribution < -0.4 is 5.73 Å². The average molecular weight is 318 g/mol. The van der Waals surface area contributed by atoms with Gasteiger partial charge in [-0.15, -0.1) is 0 Å². The summed E-state index contributed by atoms with van der Waals surface area (Å²) in [6, 6.07) is 7.80. The van der Waals surface area contributed by atoms with Crippen LogP contribution in [0.5, 0.6) is 0 Å². The number of benzene rings is 1. The number of fused-ring (bicyclic) bond motifs is 3. The molecular formula is C15H18N4O2S. The van der Waals surface area contributed by atoms with Gasteiger partial charge in [0, 0.05) is 23.9 Å². The summed E-state index contributed by atoms with van der Waals surface area (Å²) in [6.07, 6.45) is 4.42. The van der Waals surface area contributed by atoms with Crippen molar-refractivity contribution >= 4 is 37.6 Å². The number of nitrogen functional groups attached to an aromatic ring is 1. The van der Waals surface area contributed by atoms with E-state index in [0.29, 0.717) is 24.3 Å². The average Bonchev–Trinajstić information content (AvgIpc) is 2.88. The van der Waals surface area contributed by atoms with Crippen LogP contribution in [0.1, 0.15) is 12.8 Å². The molecule has 7 heteroatoms. The van der Waals surface area contributed by atoms with Crippen molar-refractivity contribution in [3.05, 3.63) is 30.6 Å². The Bertz CT molecular complexity index is 931. The van der Waals surface area contributed by atoms with Crippen molar-refractivity contribution in [3.8, 4) is 0 Å². The minimum absolute atomic E-state index is 0.212. The second-order valence-corrected chi connectivity index (χ2v) is 7.75. The van der Waals surface area contributed by atoms with E-state index < -0.39 is 9.84 Å². The first-order chi connectivity index (χ1) is 10.5. The Morgan fingerprint density at radius 3 is 2.77 bits per heavy atom. The van der Waals surface area contributed by atoms with Crippen LogP contribution in [0.3, 0.4) is 0 Å². The molecule has 0 aliphatic carbocycles. The van der Waals surface area contributed by atoms with E-state index in [1.54, 1.807) is 6.33 Å². The Kier molecular flexibility index (Phi) is 3.74. The molecule has 0 saturated carbocycles. The van der Waals surface area contributed by atoms with Crippen molar-refractivity contribution in [2.75, 3.05) is 17.7 Å². The van der Waals surface area contributed by atoms with E-state index in [0.717, 1.165) is 22.8 Å². The van der Waals surface area contributed by atoms with Gasteiger partial charge in [0.1, 0.15) is 15.4 Å². The lowest BCUT2D eigenvalue weighted by Crippen LogP contribution is -2.05. The van der Waals surface area contributed by atoms with E-state index in [1.807, 2.05) is 28.8 Å². The quantitative estimate of drug-likeness (QED) is 0.726. The van der Waals surface area contributed by atoms with Gasteiger partial charge in [-0.1, -0.05) is 18.2 Å². The van der Waals surface area contributed by atoms with E-state index in [1.165, 1.54) is 6.26 Å². The van der Waals surface area contributed by atoms with Crippen LogP contribution >= 0.6 is 0 Å². The summed E-state index contributed by atoms with van der Waals surface area (Å²) in [5, 5.41) is 1.01. The van der Waals surface area contributed by atoms with E-state index in [2.05, 4.69) is 9.97 Å². The summed E-state index contributed by atoms with van der Waals surface area (Å²) in [5.74, 6) is 0.632. The number of rotatable bonds is 5. The molecule has 0 saturated heterocycles. The third kappa shape index (κ3) is 2.89. The highest BCUT2D eigenvalue weighted by Crippen LogP contribution is 2.27. The molecule has 0 aliphatic heterocycles. The number of anilines is 1. The Hall–Kier alpha value is -2.15. The van der Waals surface area contributed by atoms with Crippen LogP contribution in [0.2, 0.25) is 0 Å². The van der Waals surface area contributed by atoms with Gasteiger partial charge in [0.15, 0.2) is 5.82 Å². The molecule has 2 N–H and O–H groups in total. The molecule has 0 fully saturated rings. The molecule has 0 atom stereocenters. The fraction of sp³-hybridized carbons (Fsp3) is 0.333. The predicted molar refractivity (Wildman–Crippen MR) is 88.4 cm³/mol. The largest absolute Gasteiger partial charge is 0.382 e. The highest BCUT2D eigenvalue weighted by Gasteiger charge is 2.12. The number of aromatic nitrogens is 3. The highest BCUT2D eigenvalue weighted by molar-refractivity contribution is 7.90. The molecule has 0 spiro atoms. The van der Waals surface area contributed by atoms with Crippen LogP contribution in [0, 0.1) is 0 Å². The number of hydrogen-bond donors (Lipinski definition) is 1. The lowest BCUT2D eigenvalue weighted by Gasteiger charge is -2.07. The number of pyridine rings is 1. The monoisotopic (exact) mass is 318 g/mol. The van der Waals surface area contributed by atoms with Gasteiger partial charge in [-0.25, -0.2) is 18.4 Å². The van der Waals surface area contributed by atoms with Crippen LogP contribution in [-0.2, 0) is 16.4 Å². The summed E-state index contributed by atoms with van der Waals surface area (Å²) < 4.78 is 24.4. The van der Waals surface area contributed by atoms with E-state index in [4.69, 9.17) is 5.73 Å². The maximum Gasteiger partial charge on any atom is 0.152 e. The minimum Gasteiger partial charge on any atom is -0.382 e. The van der Waals surface area contributed by atoms with Gasteiger partial charge >= 0.3 is 0 Å². The third-order valence-electron chi connectivity index (χ3n) is 3.64. The number of nitrogens with zero attached hydrogens (tertiary/aromatic N) is 3. The number of para-hydroxylation sites is 1. The summed E-state index contributed by atoms with van der Waals surface area (Å²) in [5.41, 5.74) is 8.48. The van der Waals surface area contributed by atoms with Gasteiger partial charge in [0.25, 0.3) is 0 Å². The van der Waals surface area contributed by atoms with Crippen molar-refractivity contribution in [1.82, 2.24) is 14.5 Å². The summed E-state index contributed by atoms with van der Waals surface area (Å²) in [7, 11) is -2.90. The molecule has 3 rings (SSSR count). The van der Waals surface area contributed by atoms with Gasteiger partial charge in [0.2, 0.25) is 0 Å². The minimum atomic E-state index is -2.90. The number of imidazole rings is 1. The topological polar surface area (TPSA) is 90.9 Å². The second kappa shape index (κ2) is 5.57. The number of aryl methyl sites for hydroxylation is 1. The summed E-state index contributed by atoms with van der Waals surface area (Å²) in [6.45, 7) is 0.708. The fourth-order valence-corrected chi connectivity index (χ4v) is 3.35. The van der Waals surface area contributed by atoms with Gasteiger partial charge in [-0.3, -0.25) is 0 Å². The molecule has 0 aliphatic rings. The first-order valence-corrected chi connectivity index (χ1v) is 9.18. The zero-order valence-electron chi connectivity index (χ0n) is 12.4. The van der Waals surface area contributed by atoms with Crippen molar-refractivity contribution in [2.45, 2.75) is 19.4 Å². The molecule has 3 aromatic rings. The zero-order valence-corrected chi connectivity index (χ0v) is 13.2. The predicted octanol–water partition coefficient (Wildman–Crippen LogP) is 1.99. The molecule has 2 heterocycles. The first-order valence-electron chi connectivity index (χ1n) is 7.12. The molecule has 1 aromatic carbocycles. The van der Waals surface area contributed by atoms with Gasteiger partial charge in [0.05, 0.1) is 17.4 Å². The molecule has 116 valence electrons. The van der Waals surface area contributed by atoms with Crippen LogP contribution in [-0.4, -0.2) is 35.0 Å². The molecule has 6 nitrogen and oxygen atoms in total. The van der Waals surface area contributed by atoms with E-state index in [9.17, 15) is 8.42 Å². The lowest BCUT2D eigenvalue weighted by atomic mass is 10.2. The van der Waals surface area contributed by atoms with Gasteiger partial charge in [-0.05, 0) is 18.9 Å².